The first-order valence-electron chi connectivity index (χ1n) is 12.2. The van der Waals surface area contributed by atoms with Gasteiger partial charge in [-0.1, -0.05) is 25.5 Å². The fourth-order valence-electron chi connectivity index (χ4n) is 7.64. The van der Waals surface area contributed by atoms with Crippen LogP contribution in [0.15, 0.2) is 40.8 Å². The number of carbonyl (C=O) groups excluding carboxylic acids is 2. The normalized spacial score (nSPS) is 38.0. The van der Waals surface area contributed by atoms with Crippen LogP contribution in [0, 0.1) is 35.0 Å². The van der Waals surface area contributed by atoms with Crippen molar-refractivity contribution in [1.82, 2.24) is 0 Å². The van der Waals surface area contributed by atoms with Gasteiger partial charge in [0.25, 0.3) is 0 Å². The molecule has 4 aliphatic rings. The predicted molar refractivity (Wildman–Crippen MR) is 124 cm³/mol. The lowest BCUT2D eigenvalue weighted by Gasteiger charge is -2.55. The number of fused-ring (bicyclic) bond motifs is 5. The Hall–Kier alpha value is -1.99. The lowest BCUT2D eigenvalue weighted by atomic mass is 9.50. The maximum atomic E-state index is 13.0. The van der Waals surface area contributed by atoms with Gasteiger partial charge in [-0.3, -0.25) is 4.79 Å². The minimum Gasteiger partial charge on any atom is -0.458 e. The second kappa shape index (κ2) is 8.05. The lowest BCUT2D eigenvalue weighted by Crippen LogP contribution is -2.49. The Kier molecular flexibility index (Phi) is 5.56. The second-order valence-electron chi connectivity index (χ2n) is 10.9. The summed E-state index contributed by atoms with van der Waals surface area (Å²) in [6.07, 6.45) is 8.54. The first-order valence-corrected chi connectivity index (χ1v) is 13.7. The van der Waals surface area contributed by atoms with Crippen molar-refractivity contribution in [3.05, 3.63) is 41.5 Å². The van der Waals surface area contributed by atoms with E-state index in [0.717, 1.165) is 38.5 Å². The van der Waals surface area contributed by atoms with Gasteiger partial charge >= 0.3 is 5.97 Å². The summed E-state index contributed by atoms with van der Waals surface area (Å²) in [4.78, 5) is 24.9. The summed E-state index contributed by atoms with van der Waals surface area (Å²) in [5, 5.41) is 5.22. The molecule has 5 rings (SSSR count). The number of nitrogens with two attached hydrogens (primary N) is 1. The van der Waals surface area contributed by atoms with Gasteiger partial charge < -0.3 is 4.74 Å². The topological polar surface area (TPSA) is 104 Å². The number of carbonyl (C=O) groups is 2. The first kappa shape index (κ1) is 22.8. The number of primary sulfonamides is 1. The smallest absolute Gasteiger partial charge is 0.338 e. The van der Waals surface area contributed by atoms with Crippen LogP contribution in [0.2, 0.25) is 0 Å². The summed E-state index contributed by atoms with van der Waals surface area (Å²) in [6.45, 7) is 4.55. The van der Waals surface area contributed by atoms with Gasteiger partial charge in [0.2, 0.25) is 10.0 Å². The highest BCUT2D eigenvalue weighted by Gasteiger charge is 2.58. The number of sulfonamides is 1. The van der Waals surface area contributed by atoms with E-state index in [1.807, 2.05) is 6.08 Å². The van der Waals surface area contributed by atoms with E-state index in [1.54, 1.807) is 6.07 Å². The Morgan fingerprint density at radius 2 is 1.94 bits per heavy atom. The Morgan fingerprint density at radius 3 is 2.70 bits per heavy atom. The molecule has 2 N–H and O–H groups in total. The molecule has 33 heavy (non-hydrogen) atoms. The zero-order valence-corrected chi connectivity index (χ0v) is 20.1. The molecule has 3 fully saturated rings. The second-order valence-corrected chi connectivity index (χ2v) is 12.5. The Balaban J connectivity index is 1.35. The third-order valence-electron chi connectivity index (χ3n) is 9.22. The van der Waals surface area contributed by atoms with Gasteiger partial charge in [-0.15, -0.1) is 0 Å². The van der Waals surface area contributed by atoms with E-state index < -0.39 is 16.0 Å². The van der Waals surface area contributed by atoms with Crippen LogP contribution in [0.25, 0.3) is 0 Å². The average Bonchev–Trinajstić information content (AvgIpc) is 3.10. The molecule has 1 aromatic rings. The Morgan fingerprint density at radius 1 is 1.15 bits per heavy atom. The SMILES string of the molecule is C[C@H]1CC2C(CC[C@@]3(C)C2CC[C@@H]3OC(=O)c2cccc(S(N)(=O)=O)c2)[C@H]2CCC(=O)C=C12. The highest BCUT2D eigenvalue weighted by atomic mass is 32.2. The molecule has 1 aromatic carbocycles. The van der Waals surface area contributed by atoms with Crippen molar-refractivity contribution in [3.63, 3.8) is 0 Å². The minimum absolute atomic E-state index is 0.0696. The van der Waals surface area contributed by atoms with Gasteiger partial charge in [-0.25, -0.2) is 18.4 Å². The maximum Gasteiger partial charge on any atom is 0.338 e. The summed E-state index contributed by atoms with van der Waals surface area (Å²) in [7, 11) is -3.88. The molecule has 0 heterocycles. The molecule has 0 aliphatic heterocycles. The minimum atomic E-state index is -3.88. The highest BCUT2D eigenvalue weighted by Crippen LogP contribution is 2.63. The van der Waals surface area contributed by atoms with Gasteiger partial charge in [0, 0.05) is 11.8 Å². The van der Waals surface area contributed by atoms with E-state index >= 15 is 0 Å². The first-order chi connectivity index (χ1) is 15.6. The van der Waals surface area contributed by atoms with Crippen LogP contribution in [0.5, 0.6) is 0 Å². The lowest BCUT2D eigenvalue weighted by molar-refractivity contribution is -0.116. The summed E-state index contributed by atoms with van der Waals surface area (Å²) in [6, 6.07) is 5.77. The number of ketones is 1. The quantitative estimate of drug-likeness (QED) is 0.664. The molecular formula is C26H33NO5S. The van der Waals surface area contributed by atoms with E-state index in [-0.39, 0.29) is 27.8 Å². The summed E-state index contributed by atoms with van der Waals surface area (Å²) >= 11 is 0. The van der Waals surface area contributed by atoms with Crippen LogP contribution in [-0.4, -0.2) is 26.3 Å². The zero-order chi connectivity index (χ0) is 23.5. The van der Waals surface area contributed by atoms with E-state index in [0.29, 0.717) is 36.0 Å². The largest absolute Gasteiger partial charge is 0.458 e. The molecule has 3 saturated carbocycles. The number of rotatable bonds is 3. The van der Waals surface area contributed by atoms with Crippen molar-refractivity contribution in [2.75, 3.05) is 0 Å². The molecule has 0 amide bonds. The van der Waals surface area contributed by atoms with E-state index in [4.69, 9.17) is 9.88 Å². The van der Waals surface area contributed by atoms with Crippen LogP contribution >= 0.6 is 0 Å². The number of benzene rings is 1. The van der Waals surface area contributed by atoms with Crippen LogP contribution in [0.1, 0.15) is 69.2 Å². The van der Waals surface area contributed by atoms with Crippen molar-refractivity contribution in [3.8, 4) is 0 Å². The number of esters is 1. The molecule has 4 aliphatic carbocycles. The molecule has 3 unspecified atom stereocenters. The summed E-state index contributed by atoms with van der Waals surface area (Å²) in [5.74, 6) is 2.50. The summed E-state index contributed by atoms with van der Waals surface area (Å²) < 4.78 is 29.4. The molecule has 7 heteroatoms. The average molecular weight is 472 g/mol. The Labute approximate surface area is 196 Å². The van der Waals surface area contributed by atoms with Crippen molar-refractivity contribution in [1.29, 1.82) is 0 Å². The molecule has 178 valence electrons. The van der Waals surface area contributed by atoms with E-state index in [2.05, 4.69) is 13.8 Å². The molecular weight excluding hydrogens is 438 g/mol. The van der Waals surface area contributed by atoms with Gasteiger partial charge in [0.1, 0.15) is 6.10 Å². The van der Waals surface area contributed by atoms with E-state index in [9.17, 15) is 18.0 Å². The number of ether oxygens (including phenoxy) is 1. The standard InChI is InChI=1S/C26H33NO5S/c1-15-12-22-20(19-7-6-17(28)14-21(15)19)10-11-26(2)23(22)8-9-24(26)32-25(29)16-4-3-5-18(13-16)33(27,30)31/h3-5,13-15,19-20,22-24H,6-12H2,1-2H3,(H2,27,30,31)/t15-,19+,20?,22?,23?,24-,26-/m0/s1. The predicted octanol–water partition coefficient (Wildman–Crippen LogP) is 4.25. The zero-order valence-electron chi connectivity index (χ0n) is 19.3. The molecule has 0 saturated heterocycles. The van der Waals surface area contributed by atoms with Gasteiger partial charge in [-0.2, -0.15) is 0 Å². The fourth-order valence-corrected chi connectivity index (χ4v) is 8.20. The number of allylic oxidation sites excluding steroid dienone is 1. The highest BCUT2D eigenvalue weighted by molar-refractivity contribution is 7.89. The molecule has 0 radical (unpaired) electrons. The van der Waals surface area contributed by atoms with Crippen molar-refractivity contribution >= 4 is 21.8 Å². The van der Waals surface area contributed by atoms with Crippen LogP contribution in [0.3, 0.4) is 0 Å². The third kappa shape index (κ3) is 3.87. The monoisotopic (exact) mass is 471 g/mol. The van der Waals surface area contributed by atoms with Gasteiger partial charge in [0.15, 0.2) is 5.78 Å². The van der Waals surface area contributed by atoms with Crippen LogP contribution < -0.4 is 5.14 Å². The number of hydrogen-bond donors (Lipinski definition) is 1. The van der Waals surface area contributed by atoms with E-state index in [1.165, 1.54) is 23.8 Å². The van der Waals surface area contributed by atoms with Gasteiger partial charge in [-0.05, 0) is 92.4 Å². The third-order valence-corrected chi connectivity index (χ3v) is 10.1. The van der Waals surface area contributed by atoms with Gasteiger partial charge in [0.05, 0.1) is 10.5 Å². The number of hydrogen-bond acceptors (Lipinski definition) is 5. The molecule has 0 bridgehead atoms. The van der Waals surface area contributed by atoms with Crippen molar-refractivity contribution in [2.45, 2.75) is 69.8 Å². The fraction of sp³-hybridized carbons (Fsp3) is 0.615. The molecule has 6 nitrogen and oxygen atoms in total. The molecule has 0 spiro atoms. The van der Waals surface area contributed by atoms with Crippen molar-refractivity contribution in [2.24, 2.45) is 40.1 Å². The van der Waals surface area contributed by atoms with Crippen LogP contribution in [0.4, 0.5) is 0 Å². The summed E-state index contributed by atoms with van der Waals surface area (Å²) in [5.41, 5.74) is 1.53. The van der Waals surface area contributed by atoms with Crippen molar-refractivity contribution < 1.29 is 22.7 Å². The molecule has 7 atom stereocenters. The molecule has 0 aromatic heterocycles. The van der Waals surface area contributed by atoms with Crippen LogP contribution in [-0.2, 0) is 19.6 Å². The Bertz CT molecular complexity index is 1130. The maximum absolute atomic E-state index is 13.0.